The van der Waals surface area contributed by atoms with Crippen molar-refractivity contribution in [1.29, 1.82) is 0 Å². The van der Waals surface area contributed by atoms with Gasteiger partial charge in [0.2, 0.25) is 0 Å². The quantitative estimate of drug-likeness (QED) is 0.559. The van der Waals surface area contributed by atoms with Crippen LogP contribution in [0.1, 0.15) is 92.4 Å². The summed E-state index contributed by atoms with van der Waals surface area (Å²) in [5.74, 6) is 0.878. The Morgan fingerprint density at radius 3 is 2.11 bits per heavy atom. The van der Waals surface area contributed by atoms with Crippen molar-refractivity contribution in [3.63, 3.8) is 0 Å². The van der Waals surface area contributed by atoms with Crippen LogP contribution in [0.5, 0.6) is 0 Å². The van der Waals surface area contributed by atoms with E-state index in [1.54, 1.807) is 0 Å². The fraction of sp³-hybridized carbons (Fsp3) is 1.00. The smallest absolute Gasteiger partial charge is 0.0241 e. The highest BCUT2D eigenvalue weighted by atomic mass is 14.6. The maximum atomic E-state index is 2.55. The summed E-state index contributed by atoms with van der Waals surface area (Å²) in [7, 11) is 0. The lowest BCUT2D eigenvalue weighted by molar-refractivity contribution is -0.0550. The van der Waals surface area contributed by atoms with Crippen LogP contribution in [0.4, 0.5) is 0 Å². The van der Waals surface area contributed by atoms with Gasteiger partial charge in [0.25, 0.3) is 0 Å². The molecule has 2 aliphatic rings. The molecule has 2 rings (SSSR count). The van der Waals surface area contributed by atoms with E-state index in [9.17, 15) is 0 Å². The molecule has 2 aliphatic carbocycles. The molecular weight excluding hydrogens is 216 g/mol. The highest BCUT2D eigenvalue weighted by molar-refractivity contribution is 5.03. The van der Waals surface area contributed by atoms with Crippen molar-refractivity contribution in [2.75, 3.05) is 0 Å². The Kier molecular flexibility index (Phi) is 3.87. The zero-order chi connectivity index (χ0) is 13.4. The van der Waals surface area contributed by atoms with Crippen LogP contribution in [0.15, 0.2) is 0 Å². The molecule has 0 N–H and O–H groups in total. The monoisotopic (exact) mass is 250 g/mol. The zero-order valence-electron chi connectivity index (χ0n) is 13.4. The predicted octanol–water partition coefficient (Wildman–Crippen LogP) is 6.20. The summed E-state index contributed by atoms with van der Waals surface area (Å²) in [5, 5.41) is 0. The Morgan fingerprint density at radius 2 is 1.50 bits per heavy atom. The Bertz CT molecular complexity index is 288. The first kappa shape index (κ1) is 14.4. The van der Waals surface area contributed by atoms with E-state index < -0.39 is 0 Å². The van der Waals surface area contributed by atoms with Gasteiger partial charge in [-0.2, -0.15) is 0 Å². The molecule has 0 nitrogen and oxygen atoms in total. The third-order valence-electron chi connectivity index (χ3n) is 7.14. The van der Waals surface area contributed by atoms with Gasteiger partial charge >= 0.3 is 0 Å². The molecule has 0 heteroatoms. The third kappa shape index (κ3) is 2.14. The van der Waals surface area contributed by atoms with Crippen LogP contribution in [0.2, 0.25) is 0 Å². The summed E-state index contributed by atoms with van der Waals surface area (Å²) in [6, 6.07) is 0. The number of hydrogen-bond acceptors (Lipinski definition) is 0. The van der Waals surface area contributed by atoms with E-state index in [2.05, 4.69) is 34.6 Å². The Morgan fingerprint density at radius 1 is 0.944 bits per heavy atom. The fourth-order valence-corrected chi connectivity index (χ4v) is 5.07. The van der Waals surface area contributed by atoms with Crippen LogP contribution >= 0.6 is 0 Å². The van der Waals surface area contributed by atoms with E-state index in [0.29, 0.717) is 16.2 Å². The summed E-state index contributed by atoms with van der Waals surface area (Å²) in [5.41, 5.74) is 1.87. The van der Waals surface area contributed by atoms with E-state index in [1.807, 2.05) is 0 Å². The molecular formula is C18H34. The summed E-state index contributed by atoms with van der Waals surface area (Å²) in [4.78, 5) is 0. The molecule has 0 spiro atoms. The molecule has 2 saturated carbocycles. The zero-order valence-corrected chi connectivity index (χ0v) is 13.4. The molecule has 2 atom stereocenters. The lowest BCUT2D eigenvalue weighted by atomic mass is 9.49. The van der Waals surface area contributed by atoms with E-state index >= 15 is 0 Å². The maximum absolute atomic E-state index is 2.55. The molecule has 2 unspecified atom stereocenters. The second-order valence-corrected chi connectivity index (χ2v) is 8.27. The van der Waals surface area contributed by atoms with Gasteiger partial charge in [0.1, 0.15) is 0 Å². The minimum Gasteiger partial charge on any atom is -0.0649 e. The lowest BCUT2D eigenvalue weighted by Crippen LogP contribution is -2.46. The third-order valence-corrected chi connectivity index (χ3v) is 7.14. The van der Waals surface area contributed by atoms with Gasteiger partial charge in [-0.3, -0.25) is 0 Å². The second kappa shape index (κ2) is 4.84. The first-order chi connectivity index (χ1) is 8.38. The van der Waals surface area contributed by atoms with Gasteiger partial charge in [-0.05, 0) is 54.3 Å². The van der Waals surface area contributed by atoms with Crippen LogP contribution in [0.25, 0.3) is 0 Å². The van der Waals surface area contributed by atoms with Gasteiger partial charge in [-0.1, -0.05) is 60.3 Å². The van der Waals surface area contributed by atoms with E-state index in [4.69, 9.17) is 0 Å². The van der Waals surface area contributed by atoms with Gasteiger partial charge in [0.15, 0.2) is 0 Å². The van der Waals surface area contributed by atoms with Crippen molar-refractivity contribution in [3.8, 4) is 0 Å². The molecule has 0 aromatic carbocycles. The average Bonchev–Trinajstić information content (AvgIpc) is 2.47. The van der Waals surface area contributed by atoms with Crippen LogP contribution in [-0.2, 0) is 0 Å². The summed E-state index contributed by atoms with van der Waals surface area (Å²) >= 11 is 0. The molecule has 2 fully saturated rings. The van der Waals surface area contributed by atoms with Gasteiger partial charge in [0.05, 0.1) is 0 Å². The highest BCUT2D eigenvalue weighted by Gasteiger charge is 2.52. The van der Waals surface area contributed by atoms with Crippen LogP contribution in [0, 0.1) is 22.2 Å². The topological polar surface area (TPSA) is 0 Å². The molecule has 2 bridgehead atoms. The molecule has 0 aromatic rings. The standard InChI is InChI=1S/C18H34/c1-6-16(4,5)18-12-8-7-10-17(14-18,15(2)3)11-9-13-18/h15H,6-14H2,1-5H3. The number of fused-ring (bicyclic) bond motifs is 2. The first-order valence-corrected chi connectivity index (χ1v) is 8.38. The van der Waals surface area contributed by atoms with Crippen LogP contribution in [0.3, 0.4) is 0 Å². The fourth-order valence-electron chi connectivity index (χ4n) is 5.07. The molecule has 0 heterocycles. The molecule has 0 aliphatic heterocycles. The van der Waals surface area contributed by atoms with Crippen LogP contribution in [-0.4, -0.2) is 0 Å². The van der Waals surface area contributed by atoms with E-state index in [-0.39, 0.29) is 0 Å². The number of hydrogen-bond donors (Lipinski definition) is 0. The second-order valence-electron chi connectivity index (χ2n) is 8.27. The van der Waals surface area contributed by atoms with Gasteiger partial charge in [-0.25, -0.2) is 0 Å². The molecule has 0 amide bonds. The highest BCUT2D eigenvalue weighted by Crippen LogP contribution is 2.63. The largest absolute Gasteiger partial charge is 0.0649 e. The normalized spacial score (nSPS) is 37.7. The van der Waals surface area contributed by atoms with Gasteiger partial charge in [0, 0.05) is 0 Å². The first-order valence-electron chi connectivity index (χ1n) is 8.38. The molecule has 0 aromatic heterocycles. The van der Waals surface area contributed by atoms with Gasteiger partial charge in [-0.15, -0.1) is 0 Å². The molecule has 18 heavy (non-hydrogen) atoms. The van der Waals surface area contributed by atoms with Crippen LogP contribution < -0.4 is 0 Å². The van der Waals surface area contributed by atoms with Crippen molar-refractivity contribution in [2.45, 2.75) is 92.4 Å². The van der Waals surface area contributed by atoms with E-state index in [0.717, 1.165) is 5.92 Å². The van der Waals surface area contributed by atoms with Crippen molar-refractivity contribution < 1.29 is 0 Å². The predicted molar refractivity (Wildman–Crippen MR) is 80.7 cm³/mol. The van der Waals surface area contributed by atoms with Crippen molar-refractivity contribution in [3.05, 3.63) is 0 Å². The Hall–Kier alpha value is 0. The minimum atomic E-state index is 0.540. The SMILES string of the molecule is CCC(C)(C)C12CCCCC(C(C)C)(CCC1)C2. The van der Waals surface area contributed by atoms with Crippen molar-refractivity contribution in [2.24, 2.45) is 22.2 Å². The maximum Gasteiger partial charge on any atom is -0.0241 e. The molecule has 0 saturated heterocycles. The van der Waals surface area contributed by atoms with E-state index in [1.165, 1.54) is 57.8 Å². The molecule has 106 valence electrons. The molecule has 0 radical (unpaired) electrons. The lowest BCUT2D eigenvalue weighted by Gasteiger charge is -2.56. The Balaban J connectivity index is 2.35. The van der Waals surface area contributed by atoms with Gasteiger partial charge < -0.3 is 0 Å². The summed E-state index contributed by atoms with van der Waals surface area (Å²) in [6.45, 7) is 12.5. The van der Waals surface area contributed by atoms with Crippen molar-refractivity contribution >= 4 is 0 Å². The summed E-state index contributed by atoms with van der Waals surface area (Å²) in [6.07, 6.45) is 13.3. The minimum absolute atomic E-state index is 0.540. The summed E-state index contributed by atoms with van der Waals surface area (Å²) < 4.78 is 0. The number of rotatable bonds is 3. The van der Waals surface area contributed by atoms with Crippen molar-refractivity contribution in [1.82, 2.24) is 0 Å². The Labute approximate surface area is 115 Å². The average molecular weight is 250 g/mol.